The van der Waals surface area contributed by atoms with Crippen LogP contribution in [0.1, 0.15) is 17.2 Å². The SMILES string of the molecule is Cc1ccc(S(=O)(=O)N[C@H](CO)[C@@H](O)c2ccccc2)cc1. The number of rotatable bonds is 6. The first-order chi connectivity index (χ1) is 10.4. The van der Waals surface area contributed by atoms with E-state index < -0.39 is 28.8 Å². The standard InChI is InChI=1S/C16H19NO4S/c1-12-7-9-14(10-8-12)22(20,21)17-15(11-18)16(19)13-5-3-2-4-6-13/h2-10,15-19H,11H2,1H3/t15-,16+/m1/s1. The molecule has 0 spiro atoms. The number of aryl methyl sites for hydroxylation is 1. The number of aliphatic hydroxyl groups excluding tert-OH is 2. The van der Waals surface area contributed by atoms with Crippen LogP contribution in [0.15, 0.2) is 59.5 Å². The Kier molecular flexibility index (Phi) is 5.31. The highest BCUT2D eigenvalue weighted by Crippen LogP contribution is 2.19. The Morgan fingerprint density at radius 2 is 1.64 bits per heavy atom. The third kappa shape index (κ3) is 3.92. The fraction of sp³-hybridized carbons (Fsp3) is 0.250. The predicted molar refractivity (Wildman–Crippen MR) is 83.8 cm³/mol. The third-order valence-corrected chi connectivity index (χ3v) is 4.86. The van der Waals surface area contributed by atoms with Crippen molar-refractivity contribution >= 4 is 10.0 Å². The molecule has 22 heavy (non-hydrogen) atoms. The van der Waals surface area contributed by atoms with E-state index in [0.717, 1.165) is 5.56 Å². The van der Waals surface area contributed by atoms with Crippen molar-refractivity contribution in [3.63, 3.8) is 0 Å². The summed E-state index contributed by atoms with van der Waals surface area (Å²) in [5, 5.41) is 19.7. The van der Waals surface area contributed by atoms with Crippen molar-refractivity contribution in [1.82, 2.24) is 4.72 Å². The number of nitrogens with one attached hydrogen (secondary N) is 1. The normalized spacial score (nSPS) is 14.5. The molecule has 2 rings (SSSR count). The van der Waals surface area contributed by atoms with Crippen LogP contribution in [0.3, 0.4) is 0 Å². The quantitative estimate of drug-likeness (QED) is 0.750. The molecule has 0 aliphatic heterocycles. The van der Waals surface area contributed by atoms with Crippen LogP contribution >= 0.6 is 0 Å². The number of hydrogen-bond donors (Lipinski definition) is 3. The van der Waals surface area contributed by atoms with Crippen LogP contribution in [0.25, 0.3) is 0 Å². The molecule has 118 valence electrons. The Morgan fingerprint density at radius 3 is 2.18 bits per heavy atom. The highest BCUT2D eigenvalue weighted by molar-refractivity contribution is 7.89. The second-order valence-electron chi connectivity index (χ2n) is 5.08. The molecule has 0 fully saturated rings. The molecule has 6 heteroatoms. The van der Waals surface area contributed by atoms with E-state index in [1.165, 1.54) is 12.1 Å². The first kappa shape index (κ1) is 16.6. The fourth-order valence-corrected chi connectivity index (χ4v) is 3.30. The van der Waals surface area contributed by atoms with E-state index in [9.17, 15) is 18.6 Å². The van der Waals surface area contributed by atoms with Gasteiger partial charge >= 0.3 is 0 Å². The molecular formula is C16H19NO4S. The molecule has 5 nitrogen and oxygen atoms in total. The Balaban J connectivity index is 2.20. The lowest BCUT2D eigenvalue weighted by Gasteiger charge is -2.22. The van der Waals surface area contributed by atoms with E-state index in [4.69, 9.17) is 0 Å². The van der Waals surface area contributed by atoms with Crippen molar-refractivity contribution in [2.24, 2.45) is 0 Å². The second-order valence-corrected chi connectivity index (χ2v) is 6.79. The highest BCUT2D eigenvalue weighted by Gasteiger charge is 2.26. The van der Waals surface area contributed by atoms with Gasteiger partial charge in [-0.05, 0) is 24.6 Å². The molecular weight excluding hydrogens is 302 g/mol. The predicted octanol–water partition coefficient (Wildman–Crippen LogP) is 1.37. The van der Waals surface area contributed by atoms with Gasteiger partial charge in [-0.25, -0.2) is 13.1 Å². The molecule has 0 aliphatic carbocycles. The third-order valence-electron chi connectivity index (χ3n) is 3.36. The summed E-state index contributed by atoms with van der Waals surface area (Å²) < 4.78 is 27.0. The Labute approximate surface area is 130 Å². The minimum Gasteiger partial charge on any atom is -0.395 e. The second kappa shape index (κ2) is 7.02. The van der Waals surface area contributed by atoms with Gasteiger partial charge in [0.2, 0.25) is 10.0 Å². The van der Waals surface area contributed by atoms with Crippen molar-refractivity contribution in [1.29, 1.82) is 0 Å². The van der Waals surface area contributed by atoms with E-state index >= 15 is 0 Å². The maximum Gasteiger partial charge on any atom is 0.240 e. The van der Waals surface area contributed by atoms with E-state index in [1.807, 2.05) is 6.92 Å². The Morgan fingerprint density at radius 1 is 1.05 bits per heavy atom. The molecule has 0 saturated carbocycles. The van der Waals surface area contributed by atoms with E-state index in [-0.39, 0.29) is 4.90 Å². The molecule has 0 heterocycles. The molecule has 2 aromatic rings. The molecule has 0 amide bonds. The van der Waals surface area contributed by atoms with Gasteiger partial charge in [-0.3, -0.25) is 0 Å². The first-order valence-corrected chi connectivity index (χ1v) is 8.35. The molecule has 0 saturated heterocycles. The van der Waals surface area contributed by atoms with Gasteiger partial charge in [0.1, 0.15) is 0 Å². The zero-order chi connectivity index (χ0) is 16.2. The zero-order valence-electron chi connectivity index (χ0n) is 12.2. The van der Waals surface area contributed by atoms with Crippen LogP contribution in [-0.4, -0.2) is 31.3 Å². The van der Waals surface area contributed by atoms with Gasteiger partial charge in [-0.2, -0.15) is 0 Å². The summed E-state index contributed by atoms with van der Waals surface area (Å²) in [6.07, 6.45) is -1.13. The van der Waals surface area contributed by atoms with E-state index in [0.29, 0.717) is 5.56 Å². The number of aliphatic hydroxyl groups is 2. The average Bonchev–Trinajstić information content (AvgIpc) is 2.53. The van der Waals surface area contributed by atoms with Crippen LogP contribution in [0.5, 0.6) is 0 Å². The van der Waals surface area contributed by atoms with Crippen molar-refractivity contribution < 1.29 is 18.6 Å². The van der Waals surface area contributed by atoms with Crippen molar-refractivity contribution in [2.45, 2.75) is 24.0 Å². The van der Waals surface area contributed by atoms with Gasteiger partial charge in [0.25, 0.3) is 0 Å². The molecule has 0 aromatic heterocycles. The molecule has 0 unspecified atom stereocenters. The summed E-state index contributed by atoms with van der Waals surface area (Å²) in [4.78, 5) is 0.0943. The minimum atomic E-state index is -3.81. The summed E-state index contributed by atoms with van der Waals surface area (Å²) >= 11 is 0. The molecule has 2 atom stereocenters. The molecule has 2 aromatic carbocycles. The van der Waals surface area contributed by atoms with Crippen LogP contribution in [0.2, 0.25) is 0 Å². The summed E-state index contributed by atoms with van der Waals surface area (Å²) in [5.74, 6) is 0. The van der Waals surface area contributed by atoms with Gasteiger partial charge in [-0.1, -0.05) is 48.0 Å². The van der Waals surface area contributed by atoms with E-state index in [2.05, 4.69) is 4.72 Å². The summed E-state index contributed by atoms with van der Waals surface area (Å²) in [6, 6.07) is 14.0. The highest BCUT2D eigenvalue weighted by atomic mass is 32.2. The summed E-state index contributed by atoms with van der Waals surface area (Å²) in [6.45, 7) is 1.35. The zero-order valence-corrected chi connectivity index (χ0v) is 13.0. The van der Waals surface area contributed by atoms with Crippen molar-refractivity contribution in [2.75, 3.05) is 6.61 Å². The van der Waals surface area contributed by atoms with Gasteiger partial charge in [0.15, 0.2) is 0 Å². The number of sulfonamides is 1. The number of benzene rings is 2. The lowest BCUT2D eigenvalue weighted by molar-refractivity contribution is 0.101. The molecule has 0 radical (unpaired) electrons. The van der Waals surface area contributed by atoms with Crippen LogP contribution < -0.4 is 4.72 Å². The maximum atomic E-state index is 12.3. The summed E-state index contributed by atoms with van der Waals surface area (Å²) in [7, 11) is -3.81. The fourth-order valence-electron chi connectivity index (χ4n) is 2.07. The Hall–Kier alpha value is -1.73. The van der Waals surface area contributed by atoms with Gasteiger partial charge in [0.05, 0.1) is 23.6 Å². The lowest BCUT2D eigenvalue weighted by Crippen LogP contribution is -2.41. The van der Waals surface area contributed by atoms with Crippen LogP contribution in [0.4, 0.5) is 0 Å². The first-order valence-electron chi connectivity index (χ1n) is 6.87. The largest absolute Gasteiger partial charge is 0.395 e. The van der Waals surface area contributed by atoms with Gasteiger partial charge in [-0.15, -0.1) is 0 Å². The van der Waals surface area contributed by atoms with Crippen LogP contribution in [-0.2, 0) is 10.0 Å². The smallest absolute Gasteiger partial charge is 0.240 e. The summed E-state index contributed by atoms with van der Waals surface area (Å²) in [5.41, 5.74) is 1.48. The van der Waals surface area contributed by atoms with Crippen molar-refractivity contribution in [3.05, 3.63) is 65.7 Å². The van der Waals surface area contributed by atoms with Gasteiger partial charge in [0, 0.05) is 0 Å². The van der Waals surface area contributed by atoms with Gasteiger partial charge < -0.3 is 10.2 Å². The van der Waals surface area contributed by atoms with E-state index in [1.54, 1.807) is 42.5 Å². The van der Waals surface area contributed by atoms with Crippen LogP contribution in [0, 0.1) is 6.92 Å². The Bertz CT molecular complexity index is 699. The molecule has 0 aliphatic rings. The molecule has 3 N–H and O–H groups in total. The average molecular weight is 321 g/mol. The minimum absolute atomic E-state index is 0.0943. The topological polar surface area (TPSA) is 86.6 Å². The monoisotopic (exact) mass is 321 g/mol. The number of hydrogen-bond acceptors (Lipinski definition) is 4. The van der Waals surface area contributed by atoms with Crippen molar-refractivity contribution in [3.8, 4) is 0 Å². The maximum absolute atomic E-state index is 12.3. The molecule has 0 bridgehead atoms. The lowest BCUT2D eigenvalue weighted by atomic mass is 10.0.